The molecule has 19 heavy (non-hydrogen) atoms. The number of hydrogen-bond acceptors (Lipinski definition) is 3. The Balaban J connectivity index is 2.38. The van der Waals surface area contributed by atoms with Gasteiger partial charge < -0.3 is 5.32 Å². The summed E-state index contributed by atoms with van der Waals surface area (Å²) in [6.07, 6.45) is 3.94. The second-order valence-corrected chi connectivity index (χ2v) is 7.85. The predicted octanol–water partition coefficient (Wildman–Crippen LogP) is 4.90. The lowest BCUT2D eigenvalue weighted by Crippen LogP contribution is -2.23. The molecule has 0 saturated carbocycles. The van der Waals surface area contributed by atoms with E-state index in [2.05, 4.69) is 49.1 Å². The minimum Gasteiger partial charge on any atom is -0.306 e. The first-order chi connectivity index (χ1) is 9.11. The molecule has 0 radical (unpaired) electrons. The molecule has 2 nitrogen and oxygen atoms in total. The molecule has 0 amide bonds. The van der Waals surface area contributed by atoms with Gasteiger partial charge >= 0.3 is 0 Å². The van der Waals surface area contributed by atoms with Crippen LogP contribution in [0.25, 0.3) is 0 Å². The molecule has 1 unspecified atom stereocenters. The first kappa shape index (κ1) is 15.1. The highest BCUT2D eigenvalue weighted by atomic mass is 79.9. The number of pyridine rings is 1. The third-order valence-electron chi connectivity index (χ3n) is 2.65. The zero-order valence-electron chi connectivity index (χ0n) is 10.3. The molecule has 0 aliphatic carbocycles. The van der Waals surface area contributed by atoms with Crippen LogP contribution < -0.4 is 5.32 Å². The van der Waals surface area contributed by atoms with Crippen LogP contribution in [0.4, 0.5) is 4.39 Å². The second kappa shape index (κ2) is 6.92. The van der Waals surface area contributed by atoms with Crippen molar-refractivity contribution in [1.82, 2.24) is 10.3 Å². The first-order valence-electron chi connectivity index (χ1n) is 5.90. The molecule has 2 aromatic heterocycles. The van der Waals surface area contributed by atoms with Gasteiger partial charge in [0.15, 0.2) is 0 Å². The molecule has 6 heteroatoms. The topological polar surface area (TPSA) is 24.9 Å². The van der Waals surface area contributed by atoms with Crippen LogP contribution >= 0.6 is 43.2 Å². The van der Waals surface area contributed by atoms with E-state index in [1.807, 2.05) is 6.07 Å². The summed E-state index contributed by atoms with van der Waals surface area (Å²) in [6.45, 7) is 2.97. The van der Waals surface area contributed by atoms with Crippen molar-refractivity contribution < 1.29 is 4.39 Å². The molecular weight excluding hydrogens is 395 g/mol. The van der Waals surface area contributed by atoms with Crippen LogP contribution in [0, 0.1) is 5.82 Å². The third kappa shape index (κ3) is 3.84. The maximum Gasteiger partial charge on any atom is 0.141 e. The van der Waals surface area contributed by atoms with Gasteiger partial charge in [-0.1, -0.05) is 6.92 Å². The van der Waals surface area contributed by atoms with E-state index in [0.29, 0.717) is 0 Å². The highest BCUT2D eigenvalue weighted by Gasteiger charge is 2.19. The van der Waals surface area contributed by atoms with Crippen LogP contribution in [0.2, 0.25) is 0 Å². The summed E-state index contributed by atoms with van der Waals surface area (Å²) in [5, 5.41) is 3.43. The van der Waals surface area contributed by atoms with Crippen LogP contribution in [0.5, 0.6) is 0 Å². The van der Waals surface area contributed by atoms with Crippen molar-refractivity contribution in [3.63, 3.8) is 0 Å². The average molecular weight is 408 g/mol. The maximum absolute atomic E-state index is 13.4. The molecule has 102 valence electrons. The summed E-state index contributed by atoms with van der Waals surface area (Å²) < 4.78 is 15.4. The fraction of sp³-hybridized carbons (Fsp3) is 0.308. The molecule has 0 bridgehead atoms. The average Bonchev–Trinajstić information content (AvgIpc) is 2.69. The Labute approximate surface area is 132 Å². The molecule has 0 saturated heterocycles. The van der Waals surface area contributed by atoms with E-state index in [-0.39, 0.29) is 11.9 Å². The fourth-order valence-corrected chi connectivity index (χ4v) is 4.73. The van der Waals surface area contributed by atoms with E-state index < -0.39 is 0 Å². The Hall–Kier alpha value is -0.300. The number of nitrogens with zero attached hydrogens (tertiary/aromatic N) is 1. The largest absolute Gasteiger partial charge is 0.306 e. The number of aromatic nitrogens is 1. The Kier molecular flexibility index (Phi) is 5.50. The minimum atomic E-state index is -0.314. The summed E-state index contributed by atoms with van der Waals surface area (Å²) in [4.78, 5) is 3.94. The summed E-state index contributed by atoms with van der Waals surface area (Å²) in [5.74, 6) is -0.314. The zero-order chi connectivity index (χ0) is 13.8. The molecule has 2 aromatic rings. The molecule has 0 aromatic carbocycles. The highest BCUT2D eigenvalue weighted by Crippen LogP contribution is 2.37. The zero-order valence-corrected chi connectivity index (χ0v) is 14.3. The van der Waals surface area contributed by atoms with Gasteiger partial charge in [0, 0.05) is 6.20 Å². The van der Waals surface area contributed by atoms with Gasteiger partial charge in [-0.2, -0.15) is 0 Å². The lowest BCUT2D eigenvalue weighted by atomic mass is 10.0. The summed E-state index contributed by atoms with van der Waals surface area (Å²) >= 11 is 8.65. The van der Waals surface area contributed by atoms with Crippen molar-refractivity contribution >= 4 is 43.2 Å². The summed E-state index contributed by atoms with van der Waals surface area (Å²) in [7, 11) is 0. The molecular formula is C13H13Br2FN2S. The SMILES string of the molecule is CCCNC(c1cncc(F)c1)c1cc(Br)sc1Br. The van der Waals surface area contributed by atoms with Gasteiger partial charge in [0.05, 0.1) is 19.8 Å². The third-order valence-corrected chi connectivity index (χ3v) is 5.04. The van der Waals surface area contributed by atoms with Crippen LogP contribution in [0.3, 0.4) is 0 Å². The second-order valence-electron chi connectivity index (χ2n) is 4.10. The molecule has 2 rings (SSSR count). The van der Waals surface area contributed by atoms with Gasteiger partial charge in [-0.05, 0) is 68.1 Å². The van der Waals surface area contributed by atoms with Crippen molar-refractivity contribution in [2.75, 3.05) is 6.54 Å². The van der Waals surface area contributed by atoms with E-state index in [9.17, 15) is 4.39 Å². The van der Waals surface area contributed by atoms with Crippen molar-refractivity contribution in [3.05, 3.63) is 49.0 Å². The Bertz CT molecular complexity index is 559. The van der Waals surface area contributed by atoms with Gasteiger partial charge in [-0.25, -0.2) is 4.39 Å². The van der Waals surface area contributed by atoms with E-state index >= 15 is 0 Å². The molecule has 2 heterocycles. The molecule has 0 fully saturated rings. The quantitative estimate of drug-likeness (QED) is 0.762. The van der Waals surface area contributed by atoms with E-state index in [4.69, 9.17) is 0 Å². The van der Waals surface area contributed by atoms with Gasteiger partial charge in [0.25, 0.3) is 0 Å². The molecule has 0 spiro atoms. The normalized spacial score (nSPS) is 12.6. The lowest BCUT2D eigenvalue weighted by molar-refractivity contribution is 0.580. The Morgan fingerprint density at radius 1 is 1.37 bits per heavy atom. The summed E-state index contributed by atoms with van der Waals surface area (Å²) in [5.41, 5.74) is 1.93. The van der Waals surface area contributed by atoms with Crippen molar-refractivity contribution in [2.45, 2.75) is 19.4 Å². The van der Waals surface area contributed by atoms with Crippen molar-refractivity contribution in [1.29, 1.82) is 0 Å². The number of nitrogens with one attached hydrogen (secondary N) is 1. The Morgan fingerprint density at radius 2 is 2.16 bits per heavy atom. The van der Waals surface area contributed by atoms with Gasteiger partial charge in [0.1, 0.15) is 5.82 Å². The van der Waals surface area contributed by atoms with Gasteiger partial charge in [-0.15, -0.1) is 11.3 Å². The molecule has 0 aliphatic rings. The Morgan fingerprint density at radius 3 is 2.74 bits per heavy atom. The monoisotopic (exact) mass is 406 g/mol. The lowest BCUT2D eigenvalue weighted by Gasteiger charge is -2.18. The standard InChI is InChI=1S/C13H13Br2FN2S/c1-2-3-18-12(8-4-9(16)7-17-6-8)10-5-11(14)19-13(10)15/h4-7,12,18H,2-3H2,1H3. The van der Waals surface area contributed by atoms with E-state index in [1.165, 1.54) is 12.3 Å². The van der Waals surface area contributed by atoms with Gasteiger partial charge in [-0.3, -0.25) is 4.98 Å². The van der Waals surface area contributed by atoms with Crippen LogP contribution in [-0.2, 0) is 0 Å². The number of halogens is 3. The van der Waals surface area contributed by atoms with Gasteiger partial charge in [0.2, 0.25) is 0 Å². The first-order valence-corrected chi connectivity index (χ1v) is 8.30. The van der Waals surface area contributed by atoms with Crippen LogP contribution in [0.1, 0.15) is 30.5 Å². The van der Waals surface area contributed by atoms with Crippen molar-refractivity contribution in [3.8, 4) is 0 Å². The van der Waals surface area contributed by atoms with Crippen LogP contribution in [0.15, 0.2) is 32.1 Å². The van der Waals surface area contributed by atoms with Crippen molar-refractivity contribution in [2.24, 2.45) is 0 Å². The number of thiophene rings is 1. The predicted molar refractivity (Wildman–Crippen MR) is 84.1 cm³/mol. The smallest absolute Gasteiger partial charge is 0.141 e. The van der Waals surface area contributed by atoms with Crippen LogP contribution in [-0.4, -0.2) is 11.5 Å². The highest BCUT2D eigenvalue weighted by molar-refractivity contribution is 9.12. The van der Waals surface area contributed by atoms with E-state index in [0.717, 1.165) is 31.7 Å². The fourth-order valence-electron chi connectivity index (χ4n) is 1.83. The minimum absolute atomic E-state index is 0.0555. The molecule has 1 N–H and O–H groups in total. The number of rotatable bonds is 5. The maximum atomic E-state index is 13.4. The molecule has 1 atom stereocenters. The molecule has 0 aliphatic heterocycles. The van der Waals surface area contributed by atoms with E-state index in [1.54, 1.807) is 17.5 Å². The number of hydrogen-bond donors (Lipinski definition) is 1. The summed E-state index contributed by atoms with van der Waals surface area (Å²) in [6, 6.07) is 3.52.